The third-order valence-corrected chi connectivity index (χ3v) is 4.21. The van der Waals surface area contributed by atoms with Gasteiger partial charge in [-0.1, -0.05) is 19.9 Å². The maximum atomic E-state index is 12.7. The summed E-state index contributed by atoms with van der Waals surface area (Å²) in [7, 11) is 1.30. The standard InChI is InChI=1S/C22H26N2O4/c1-4-13-24(14-5-2)21(26)18-7-6-8-19(15-18)23-20(25)16-9-11-17(12-10-16)22(27)28-3/h6-12,15H,4-5,13-14H2,1-3H3,(H,23,25). The summed E-state index contributed by atoms with van der Waals surface area (Å²) in [6, 6.07) is 13.1. The van der Waals surface area contributed by atoms with E-state index in [-0.39, 0.29) is 11.8 Å². The van der Waals surface area contributed by atoms with Gasteiger partial charge in [0.2, 0.25) is 0 Å². The van der Waals surface area contributed by atoms with E-state index in [9.17, 15) is 14.4 Å². The van der Waals surface area contributed by atoms with Crippen molar-refractivity contribution >= 4 is 23.5 Å². The van der Waals surface area contributed by atoms with E-state index in [1.54, 1.807) is 36.4 Å². The molecule has 0 aliphatic rings. The molecule has 6 nitrogen and oxygen atoms in total. The summed E-state index contributed by atoms with van der Waals surface area (Å²) < 4.78 is 4.65. The lowest BCUT2D eigenvalue weighted by Crippen LogP contribution is -2.32. The number of anilines is 1. The number of rotatable bonds is 8. The van der Waals surface area contributed by atoms with Gasteiger partial charge in [0.15, 0.2) is 0 Å². The highest BCUT2D eigenvalue weighted by atomic mass is 16.5. The topological polar surface area (TPSA) is 75.7 Å². The Kier molecular flexibility index (Phi) is 7.75. The quantitative estimate of drug-likeness (QED) is 0.701. The Labute approximate surface area is 165 Å². The summed E-state index contributed by atoms with van der Waals surface area (Å²) in [6.45, 7) is 5.49. The number of ether oxygens (including phenoxy) is 1. The lowest BCUT2D eigenvalue weighted by Gasteiger charge is -2.21. The van der Waals surface area contributed by atoms with Gasteiger partial charge in [0.05, 0.1) is 12.7 Å². The Balaban J connectivity index is 2.12. The first-order valence-electron chi connectivity index (χ1n) is 9.39. The second-order valence-corrected chi connectivity index (χ2v) is 6.40. The predicted octanol–water partition coefficient (Wildman–Crippen LogP) is 3.99. The van der Waals surface area contributed by atoms with Crippen molar-refractivity contribution in [3.8, 4) is 0 Å². The molecule has 2 aromatic carbocycles. The maximum Gasteiger partial charge on any atom is 0.337 e. The fraction of sp³-hybridized carbons (Fsp3) is 0.318. The second-order valence-electron chi connectivity index (χ2n) is 6.40. The van der Waals surface area contributed by atoms with Gasteiger partial charge >= 0.3 is 5.97 Å². The van der Waals surface area contributed by atoms with Gasteiger partial charge in [-0.3, -0.25) is 9.59 Å². The summed E-state index contributed by atoms with van der Waals surface area (Å²) in [5.41, 5.74) is 1.86. The molecule has 0 bridgehead atoms. The third-order valence-electron chi connectivity index (χ3n) is 4.21. The lowest BCUT2D eigenvalue weighted by molar-refractivity contribution is 0.0600. The van der Waals surface area contributed by atoms with Crippen molar-refractivity contribution in [1.29, 1.82) is 0 Å². The number of benzene rings is 2. The van der Waals surface area contributed by atoms with E-state index < -0.39 is 5.97 Å². The number of hydrogen-bond donors (Lipinski definition) is 1. The molecule has 0 unspecified atom stereocenters. The average Bonchev–Trinajstić information content (AvgIpc) is 2.72. The van der Waals surface area contributed by atoms with Gasteiger partial charge in [0.25, 0.3) is 11.8 Å². The molecule has 2 aromatic rings. The molecule has 0 heterocycles. The molecule has 0 saturated heterocycles. The zero-order valence-corrected chi connectivity index (χ0v) is 16.5. The monoisotopic (exact) mass is 382 g/mol. The molecule has 0 aliphatic heterocycles. The molecule has 2 amide bonds. The first kappa shape index (κ1) is 21.2. The van der Waals surface area contributed by atoms with E-state index in [2.05, 4.69) is 10.1 Å². The Morgan fingerprint density at radius 1 is 0.893 bits per heavy atom. The number of methoxy groups -OCH3 is 1. The number of carbonyl (C=O) groups is 3. The van der Waals surface area contributed by atoms with E-state index in [4.69, 9.17) is 0 Å². The lowest BCUT2D eigenvalue weighted by atomic mass is 10.1. The smallest absolute Gasteiger partial charge is 0.337 e. The minimum absolute atomic E-state index is 0.0396. The van der Waals surface area contributed by atoms with Crippen molar-refractivity contribution in [3.63, 3.8) is 0 Å². The van der Waals surface area contributed by atoms with E-state index in [1.807, 2.05) is 18.7 Å². The summed E-state index contributed by atoms with van der Waals surface area (Å²) in [6.07, 6.45) is 1.79. The molecule has 0 spiro atoms. The summed E-state index contributed by atoms with van der Waals surface area (Å²) >= 11 is 0. The van der Waals surface area contributed by atoms with Crippen molar-refractivity contribution in [2.24, 2.45) is 0 Å². The number of nitrogens with zero attached hydrogens (tertiary/aromatic N) is 1. The fourth-order valence-electron chi connectivity index (χ4n) is 2.85. The van der Waals surface area contributed by atoms with Crippen molar-refractivity contribution in [2.45, 2.75) is 26.7 Å². The zero-order valence-electron chi connectivity index (χ0n) is 16.5. The molecule has 2 rings (SSSR count). The van der Waals surface area contributed by atoms with E-state index in [0.29, 0.717) is 35.5 Å². The average molecular weight is 382 g/mol. The van der Waals surface area contributed by atoms with Crippen LogP contribution in [0, 0.1) is 0 Å². The predicted molar refractivity (Wildman–Crippen MR) is 109 cm³/mol. The van der Waals surface area contributed by atoms with Gasteiger partial charge in [0.1, 0.15) is 0 Å². The van der Waals surface area contributed by atoms with Crippen LogP contribution in [0.3, 0.4) is 0 Å². The van der Waals surface area contributed by atoms with Crippen LogP contribution in [-0.4, -0.2) is 42.9 Å². The molecule has 6 heteroatoms. The second kappa shape index (κ2) is 10.3. The number of carbonyl (C=O) groups excluding carboxylic acids is 3. The first-order valence-corrected chi connectivity index (χ1v) is 9.39. The largest absolute Gasteiger partial charge is 0.465 e. The van der Waals surface area contributed by atoms with Crippen molar-refractivity contribution < 1.29 is 19.1 Å². The van der Waals surface area contributed by atoms with Gasteiger partial charge in [0, 0.05) is 29.9 Å². The Morgan fingerprint density at radius 3 is 2.07 bits per heavy atom. The van der Waals surface area contributed by atoms with Gasteiger partial charge in [-0.2, -0.15) is 0 Å². The minimum Gasteiger partial charge on any atom is -0.465 e. The van der Waals surface area contributed by atoms with Crippen LogP contribution in [0.2, 0.25) is 0 Å². The van der Waals surface area contributed by atoms with Crippen LogP contribution in [0.1, 0.15) is 57.8 Å². The number of amides is 2. The van der Waals surface area contributed by atoms with Crippen molar-refractivity contribution in [1.82, 2.24) is 4.90 Å². The van der Waals surface area contributed by atoms with Crippen molar-refractivity contribution in [3.05, 3.63) is 65.2 Å². The highest BCUT2D eigenvalue weighted by Gasteiger charge is 2.15. The summed E-state index contributed by atoms with van der Waals surface area (Å²) in [4.78, 5) is 38.5. The molecular formula is C22H26N2O4. The van der Waals surface area contributed by atoms with E-state index >= 15 is 0 Å². The summed E-state index contributed by atoms with van der Waals surface area (Å²) in [5.74, 6) is -0.816. The molecule has 28 heavy (non-hydrogen) atoms. The molecule has 148 valence electrons. The molecule has 0 aliphatic carbocycles. The molecule has 0 saturated carbocycles. The third kappa shape index (κ3) is 5.42. The Hall–Kier alpha value is -3.15. The van der Waals surface area contributed by atoms with Crippen LogP contribution >= 0.6 is 0 Å². The highest BCUT2D eigenvalue weighted by molar-refractivity contribution is 6.05. The first-order chi connectivity index (χ1) is 13.5. The van der Waals surface area contributed by atoms with Crippen LogP contribution < -0.4 is 5.32 Å². The maximum absolute atomic E-state index is 12.7. The van der Waals surface area contributed by atoms with Crippen LogP contribution in [-0.2, 0) is 4.74 Å². The Bertz CT molecular complexity index is 825. The van der Waals surface area contributed by atoms with E-state index in [1.165, 1.54) is 19.2 Å². The number of nitrogens with one attached hydrogen (secondary N) is 1. The van der Waals surface area contributed by atoms with Crippen LogP contribution in [0.4, 0.5) is 5.69 Å². The van der Waals surface area contributed by atoms with Crippen molar-refractivity contribution in [2.75, 3.05) is 25.5 Å². The molecule has 0 fully saturated rings. The summed E-state index contributed by atoms with van der Waals surface area (Å²) in [5, 5.41) is 2.79. The molecule has 0 atom stereocenters. The number of hydrogen-bond acceptors (Lipinski definition) is 4. The van der Waals surface area contributed by atoms with Gasteiger partial charge < -0.3 is 15.0 Å². The van der Waals surface area contributed by atoms with Crippen LogP contribution in [0.5, 0.6) is 0 Å². The normalized spacial score (nSPS) is 10.2. The zero-order chi connectivity index (χ0) is 20.5. The van der Waals surface area contributed by atoms with E-state index in [0.717, 1.165) is 12.8 Å². The number of esters is 1. The van der Waals surface area contributed by atoms with Crippen LogP contribution in [0.15, 0.2) is 48.5 Å². The minimum atomic E-state index is -0.457. The Morgan fingerprint density at radius 2 is 1.50 bits per heavy atom. The van der Waals surface area contributed by atoms with Gasteiger partial charge in [-0.15, -0.1) is 0 Å². The van der Waals surface area contributed by atoms with Gasteiger partial charge in [-0.05, 0) is 55.3 Å². The SMILES string of the molecule is CCCN(CCC)C(=O)c1cccc(NC(=O)c2ccc(C(=O)OC)cc2)c1. The van der Waals surface area contributed by atoms with Gasteiger partial charge in [-0.25, -0.2) is 4.79 Å². The molecular weight excluding hydrogens is 356 g/mol. The molecule has 0 radical (unpaired) electrons. The highest BCUT2D eigenvalue weighted by Crippen LogP contribution is 2.15. The van der Waals surface area contributed by atoms with Crippen LogP contribution in [0.25, 0.3) is 0 Å². The molecule has 1 N–H and O–H groups in total. The fourth-order valence-corrected chi connectivity index (χ4v) is 2.85. The molecule has 0 aromatic heterocycles.